The van der Waals surface area contributed by atoms with E-state index in [4.69, 9.17) is 27.8 Å². The summed E-state index contributed by atoms with van der Waals surface area (Å²) >= 11 is 8.06. The molecule has 3 aromatic rings. The first-order valence-electron chi connectivity index (χ1n) is 12.1. The molecule has 0 aliphatic carbocycles. The highest BCUT2D eigenvalue weighted by Crippen LogP contribution is 2.43. The Morgan fingerprint density at radius 1 is 1.14 bits per heavy atom. The molecular weight excluding hydrogens is 492 g/mol. The van der Waals surface area contributed by atoms with Crippen LogP contribution in [0.5, 0.6) is 0 Å². The minimum Gasteiger partial charge on any atom is -0.381 e. The van der Waals surface area contributed by atoms with Gasteiger partial charge in [-0.1, -0.05) is 41.3 Å². The zero-order chi connectivity index (χ0) is 25.1. The van der Waals surface area contributed by atoms with Gasteiger partial charge in [-0.3, -0.25) is 4.98 Å². The number of aromatic nitrogens is 3. The SMILES string of the molecule is C[C@@H]1OCCC2(CCN(c3cnc(Sc4cccc(C#Cc5cccnc5)c4Cl)c(N)n3)CC2)[C@@H]1N. The Balaban J connectivity index is 1.28. The summed E-state index contributed by atoms with van der Waals surface area (Å²) in [4.78, 5) is 16.5. The van der Waals surface area contributed by atoms with E-state index in [2.05, 4.69) is 38.6 Å². The summed E-state index contributed by atoms with van der Waals surface area (Å²) < 4.78 is 5.76. The number of nitrogens with two attached hydrogens (primary N) is 2. The summed E-state index contributed by atoms with van der Waals surface area (Å²) in [6.45, 7) is 4.62. The van der Waals surface area contributed by atoms with Crippen molar-refractivity contribution in [3.05, 3.63) is 65.1 Å². The van der Waals surface area contributed by atoms with Gasteiger partial charge in [-0.05, 0) is 55.9 Å². The lowest BCUT2D eigenvalue weighted by Crippen LogP contribution is -2.57. The Morgan fingerprint density at radius 2 is 1.97 bits per heavy atom. The summed E-state index contributed by atoms with van der Waals surface area (Å²) in [6, 6.07) is 9.57. The van der Waals surface area contributed by atoms with Gasteiger partial charge in [-0.25, -0.2) is 9.97 Å². The van der Waals surface area contributed by atoms with Crippen LogP contribution in [0.1, 0.15) is 37.3 Å². The highest BCUT2D eigenvalue weighted by atomic mass is 35.5. The molecule has 2 aromatic heterocycles. The second-order valence-electron chi connectivity index (χ2n) is 9.33. The minimum atomic E-state index is 0.0675. The van der Waals surface area contributed by atoms with Crippen molar-refractivity contribution in [1.82, 2.24) is 15.0 Å². The molecule has 0 radical (unpaired) electrons. The Kier molecular flexibility index (Phi) is 7.35. The molecule has 2 atom stereocenters. The number of benzene rings is 1. The summed E-state index contributed by atoms with van der Waals surface area (Å²) in [5.41, 5.74) is 14.6. The predicted molar refractivity (Wildman–Crippen MR) is 144 cm³/mol. The Hall–Kier alpha value is -2.83. The maximum Gasteiger partial charge on any atom is 0.158 e. The molecule has 0 amide bonds. The molecule has 4 heterocycles. The van der Waals surface area contributed by atoms with Gasteiger partial charge < -0.3 is 21.1 Å². The first-order chi connectivity index (χ1) is 17.4. The van der Waals surface area contributed by atoms with E-state index in [0.29, 0.717) is 15.9 Å². The van der Waals surface area contributed by atoms with Crippen molar-refractivity contribution in [2.24, 2.45) is 11.1 Å². The maximum absolute atomic E-state index is 6.67. The first-order valence-corrected chi connectivity index (χ1v) is 13.3. The van der Waals surface area contributed by atoms with Crippen LogP contribution in [-0.4, -0.2) is 46.8 Å². The lowest BCUT2D eigenvalue weighted by atomic mass is 9.68. The molecule has 7 nitrogen and oxygen atoms in total. The van der Waals surface area contributed by atoms with Crippen LogP contribution in [-0.2, 0) is 4.74 Å². The van der Waals surface area contributed by atoms with E-state index < -0.39 is 0 Å². The minimum absolute atomic E-state index is 0.0675. The molecule has 0 saturated carbocycles. The summed E-state index contributed by atoms with van der Waals surface area (Å²) in [5.74, 6) is 7.40. The number of hydrogen-bond donors (Lipinski definition) is 2. The fourth-order valence-electron chi connectivity index (χ4n) is 4.96. The first kappa shape index (κ1) is 24.8. The zero-order valence-corrected chi connectivity index (χ0v) is 21.7. The normalized spacial score (nSPS) is 21.1. The number of nitrogen functional groups attached to an aromatic ring is 1. The number of halogens is 1. The smallest absolute Gasteiger partial charge is 0.158 e. The average Bonchev–Trinajstić information content (AvgIpc) is 2.90. The van der Waals surface area contributed by atoms with Crippen molar-refractivity contribution in [3.8, 4) is 11.8 Å². The fraction of sp³-hybridized carbons (Fsp3) is 0.370. The molecule has 36 heavy (non-hydrogen) atoms. The molecule has 2 aliphatic rings. The maximum atomic E-state index is 6.67. The van der Waals surface area contributed by atoms with Crippen LogP contribution in [0, 0.1) is 17.3 Å². The highest BCUT2D eigenvalue weighted by molar-refractivity contribution is 7.99. The molecule has 0 unspecified atom stereocenters. The van der Waals surface area contributed by atoms with Gasteiger partial charge in [0.1, 0.15) is 10.8 Å². The molecular formula is C27H29ClN6OS. The molecule has 2 fully saturated rings. The topological polar surface area (TPSA) is 103 Å². The largest absolute Gasteiger partial charge is 0.381 e. The molecule has 4 N–H and O–H groups in total. The summed E-state index contributed by atoms with van der Waals surface area (Å²) in [5, 5.41) is 1.18. The van der Waals surface area contributed by atoms with Gasteiger partial charge in [0.2, 0.25) is 0 Å². The van der Waals surface area contributed by atoms with Crippen LogP contribution in [0.3, 0.4) is 0 Å². The van der Waals surface area contributed by atoms with Crippen LogP contribution in [0.15, 0.2) is 58.8 Å². The Labute approximate surface area is 221 Å². The number of pyridine rings is 1. The van der Waals surface area contributed by atoms with Gasteiger partial charge in [-0.2, -0.15) is 0 Å². The molecule has 1 spiro atoms. The van der Waals surface area contributed by atoms with E-state index in [1.807, 2.05) is 30.3 Å². The van der Waals surface area contributed by atoms with Gasteiger partial charge in [0.05, 0.1) is 17.3 Å². The van der Waals surface area contributed by atoms with Crippen LogP contribution in [0.25, 0.3) is 0 Å². The third-order valence-electron chi connectivity index (χ3n) is 7.20. The summed E-state index contributed by atoms with van der Waals surface area (Å²) in [7, 11) is 0. The van der Waals surface area contributed by atoms with Crippen molar-refractivity contribution in [2.45, 2.75) is 48.3 Å². The number of nitrogens with zero attached hydrogens (tertiary/aromatic N) is 4. The van der Waals surface area contributed by atoms with Crippen molar-refractivity contribution in [3.63, 3.8) is 0 Å². The molecule has 2 saturated heterocycles. The van der Waals surface area contributed by atoms with E-state index in [1.54, 1.807) is 18.6 Å². The Morgan fingerprint density at radius 3 is 2.72 bits per heavy atom. The third kappa shape index (κ3) is 5.16. The molecule has 5 rings (SSSR count). The quantitative estimate of drug-likeness (QED) is 0.490. The lowest BCUT2D eigenvalue weighted by molar-refractivity contribution is -0.0669. The van der Waals surface area contributed by atoms with Crippen molar-refractivity contribution < 1.29 is 4.74 Å². The van der Waals surface area contributed by atoms with Crippen LogP contribution in [0.4, 0.5) is 11.6 Å². The van der Waals surface area contributed by atoms with E-state index in [9.17, 15) is 0 Å². The number of piperidine rings is 1. The number of hydrogen-bond acceptors (Lipinski definition) is 8. The number of rotatable bonds is 3. The van der Waals surface area contributed by atoms with Crippen molar-refractivity contribution >= 4 is 35.0 Å². The van der Waals surface area contributed by atoms with E-state index in [-0.39, 0.29) is 17.6 Å². The molecule has 186 valence electrons. The van der Waals surface area contributed by atoms with E-state index in [1.165, 1.54) is 11.8 Å². The van der Waals surface area contributed by atoms with Gasteiger partial charge in [0.15, 0.2) is 5.82 Å². The van der Waals surface area contributed by atoms with Crippen molar-refractivity contribution in [1.29, 1.82) is 0 Å². The average molecular weight is 521 g/mol. The Bertz CT molecular complexity index is 1290. The summed E-state index contributed by atoms with van der Waals surface area (Å²) in [6.07, 6.45) is 8.38. The van der Waals surface area contributed by atoms with Gasteiger partial charge in [0, 0.05) is 54.2 Å². The van der Waals surface area contributed by atoms with Gasteiger partial charge in [-0.15, -0.1) is 0 Å². The molecule has 0 bridgehead atoms. The van der Waals surface area contributed by atoms with Crippen LogP contribution >= 0.6 is 23.4 Å². The van der Waals surface area contributed by atoms with Crippen LogP contribution in [0.2, 0.25) is 5.02 Å². The van der Waals surface area contributed by atoms with Crippen LogP contribution < -0.4 is 16.4 Å². The number of ether oxygens (including phenoxy) is 1. The molecule has 2 aliphatic heterocycles. The lowest BCUT2D eigenvalue weighted by Gasteiger charge is -2.50. The van der Waals surface area contributed by atoms with Gasteiger partial charge in [0.25, 0.3) is 0 Å². The monoisotopic (exact) mass is 520 g/mol. The van der Waals surface area contributed by atoms with E-state index in [0.717, 1.165) is 60.8 Å². The number of anilines is 2. The fourth-order valence-corrected chi connectivity index (χ4v) is 6.06. The second-order valence-corrected chi connectivity index (χ2v) is 10.7. The zero-order valence-electron chi connectivity index (χ0n) is 20.2. The highest BCUT2D eigenvalue weighted by Gasteiger charge is 2.44. The third-order valence-corrected chi connectivity index (χ3v) is 8.79. The predicted octanol–water partition coefficient (Wildman–Crippen LogP) is 4.38. The van der Waals surface area contributed by atoms with E-state index >= 15 is 0 Å². The standard InChI is InChI=1S/C27H29ClN6OS/c1-18-24(29)27(11-15-35-18)9-13-34(14-10-27)22-17-32-26(25(30)33-22)36-21-6-2-5-20(23(21)28)8-7-19-4-3-12-31-16-19/h2-6,12,16-18,24H,9-11,13-15,29H2,1H3,(H2,30,33)/t18-,24+/m0/s1. The molecule has 9 heteroatoms. The van der Waals surface area contributed by atoms with Crippen molar-refractivity contribution in [2.75, 3.05) is 30.3 Å². The second kappa shape index (κ2) is 10.7. The van der Waals surface area contributed by atoms with Gasteiger partial charge >= 0.3 is 0 Å². The molecule has 1 aromatic carbocycles.